The first-order valence-corrected chi connectivity index (χ1v) is 10.1. The monoisotopic (exact) mass is 421 g/mol. The molecule has 0 radical (unpaired) electrons. The quantitative estimate of drug-likeness (QED) is 0.260. The van der Waals surface area contributed by atoms with E-state index in [1.165, 1.54) is 17.4 Å². The molecular weight excluding hydrogens is 402 g/mol. The molecule has 0 N–H and O–H groups in total. The SMILES string of the molecule is Cc1cc(-n2c(C)cc(C(=O)COC(=O)C=Cc3nc4ccccc4s3)c2C)no1. The molecule has 0 fully saturated rings. The molecule has 3 heterocycles. The lowest BCUT2D eigenvalue weighted by Crippen LogP contribution is -2.13. The number of aromatic nitrogens is 3. The number of carbonyl (C=O) groups excluding carboxylic acids is 2. The van der Waals surface area contributed by atoms with Gasteiger partial charge in [-0.15, -0.1) is 11.3 Å². The second kappa shape index (κ2) is 8.08. The Kier molecular flexibility index (Phi) is 5.33. The van der Waals surface area contributed by atoms with E-state index in [1.54, 1.807) is 25.1 Å². The lowest BCUT2D eigenvalue weighted by atomic mass is 10.1. The van der Waals surface area contributed by atoms with Crippen LogP contribution >= 0.6 is 11.3 Å². The van der Waals surface area contributed by atoms with Gasteiger partial charge in [0.25, 0.3) is 0 Å². The number of ketones is 1. The lowest BCUT2D eigenvalue weighted by molar-refractivity contribution is -0.136. The Bertz CT molecular complexity index is 1250. The van der Waals surface area contributed by atoms with Crippen molar-refractivity contribution in [2.24, 2.45) is 0 Å². The molecule has 0 atom stereocenters. The van der Waals surface area contributed by atoms with E-state index in [0.29, 0.717) is 27.8 Å². The number of thiazole rings is 1. The van der Waals surface area contributed by atoms with Crippen molar-refractivity contribution < 1.29 is 18.8 Å². The largest absolute Gasteiger partial charge is 0.454 e. The third-order valence-electron chi connectivity index (χ3n) is 4.59. The number of benzene rings is 1. The first kappa shape index (κ1) is 19.8. The van der Waals surface area contributed by atoms with E-state index < -0.39 is 5.97 Å². The van der Waals surface area contributed by atoms with Crippen LogP contribution in [0.3, 0.4) is 0 Å². The minimum Gasteiger partial charge on any atom is -0.454 e. The van der Waals surface area contributed by atoms with Crippen molar-refractivity contribution in [2.75, 3.05) is 6.61 Å². The smallest absolute Gasteiger partial charge is 0.331 e. The summed E-state index contributed by atoms with van der Waals surface area (Å²) in [6.07, 6.45) is 2.88. The van der Waals surface area contributed by atoms with Crippen LogP contribution in [0.5, 0.6) is 0 Å². The first-order chi connectivity index (χ1) is 14.4. The maximum Gasteiger partial charge on any atom is 0.331 e. The van der Waals surface area contributed by atoms with Gasteiger partial charge in [0.05, 0.1) is 10.2 Å². The molecule has 0 saturated heterocycles. The molecule has 7 nitrogen and oxygen atoms in total. The maximum atomic E-state index is 12.6. The van der Waals surface area contributed by atoms with Crippen molar-refractivity contribution in [1.29, 1.82) is 0 Å². The number of hydrogen-bond donors (Lipinski definition) is 0. The second-order valence-electron chi connectivity index (χ2n) is 6.80. The topological polar surface area (TPSA) is 87.2 Å². The third-order valence-corrected chi connectivity index (χ3v) is 5.60. The van der Waals surface area contributed by atoms with Crippen LogP contribution in [-0.4, -0.2) is 33.1 Å². The Morgan fingerprint density at radius 3 is 2.73 bits per heavy atom. The zero-order valence-electron chi connectivity index (χ0n) is 16.7. The summed E-state index contributed by atoms with van der Waals surface area (Å²) in [5.41, 5.74) is 2.91. The normalized spacial score (nSPS) is 11.4. The van der Waals surface area contributed by atoms with Crippen LogP contribution < -0.4 is 0 Å². The highest BCUT2D eigenvalue weighted by Crippen LogP contribution is 2.23. The Morgan fingerprint density at radius 1 is 1.20 bits per heavy atom. The maximum absolute atomic E-state index is 12.6. The van der Waals surface area contributed by atoms with Crippen LogP contribution in [0.2, 0.25) is 0 Å². The fraction of sp³-hybridized carbons (Fsp3) is 0.182. The number of ether oxygens (including phenoxy) is 1. The van der Waals surface area contributed by atoms with Crippen LogP contribution in [0.15, 0.2) is 47.0 Å². The van der Waals surface area contributed by atoms with Crippen molar-refractivity contribution in [2.45, 2.75) is 20.8 Å². The number of fused-ring (bicyclic) bond motifs is 1. The van der Waals surface area contributed by atoms with Crippen LogP contribution in [0.4, 0.5) is 0 Å². The molecule has 0 bridgehead atoms. The predicted molar refractivity (Wildman–Crippen MR) is 114 cm³/mol. The van der Waals surface area contributed by atoms with Crippen molar-refractivity contribution in [3.63, 3.8) is 0 Å². The summed E-state index contributed by atoms with van der Waals surface area (Å²) in [7, 11) is 0. The summed E-state index contributed by atoms with van der Waals surface area (Å²) in [6, 6.07) is 11.3. The van der Waals surface area contributed by atoms with Gasteiger partial charge in [0, 0.05) is 29.1 Å². The van der Waals surface area contributed by atoms with Crippen LogP contribution in [-0.2, 0) is 9.53 Å². The number of esters is 1. The molecule has 0 spiro atoms. The van der Waals surface area contributed by atoms with Crippen LogP contribution in [0.1, 0.15) is 32.5 Å². The standard InChI is InChI=1S/C22H19N3O4S/c1-13-10-16(15(3)25(13)20-11-14(2)29-24-20)18(26)12-28-22(27)9-8-21-23-17-6-4-5-7-19(17)30-21/h4-11H,12H2,1-3H3. The van der Waals surface area contributed by atoms with Gasteiger partial charge in [0.1, 0.15) is 10.8 Å². The van der Waals surface area contributed by atoms with Gasteiger partial charge in [-0.25, -0.2) is 9.78 Å². The molecule has 8 heteroatoms. The molecule has 0 aliphatic carbocycles. The summed E-state index contributed by atoms with van der Waals surface area (Å²) in [5.74, 6) is 0.413. The highest BCUT2D eigenvalue weighted by molar-refractivity contribution is 7.19. The molecule has 0 aliphatic rings. The Balaban J connectivity index is 1.41. The number of carbonyl (C=O) groups is 2. The van der Waals surface area contributed by atoms with E-state index in [1.807, 2.05) is 42.7 Å². The average molecular weight is 421 g/mol. The third kappa shape index (κ3) is 3.95. The van der Waals surface area contributed by atoms with Gasteiger partial charge in [-0.1, -0.05) is 17.3 Å². The Hall–Kier alpha value is -3.52. The van der Waals surface area contributed by atoms with Gasteiger partial charge in [-0.3, -0.25) is 9.36 Å². The van der Waals surface area contributed by atoms with Gasteiger partial charge in [-0.2, -0.15) is 0 Å². The molecule has 0 amide bonds. The van der Waals surface area contributed by atoms with E-state index in [2.05, 4.69) is 10.1 Å². The average Bonchev–Trinajstić information content (AvgIpc) is 3.41. The molecule has 3 aromatic heterocycles. The van der Waals surface area contributed by atoms with Gasteiger partial charge in [0.2, 0.25) is 5.78 Å². The molecule has 30 heavy (non-hydrogen) atoms. The van der Waals surface area contributed by atoms with E-state index in [-0.39, 0.29) is 12.4 Å². The number of para-hydroxylation sites is 1. The van der Waals surface area contributed by atoms with E-state index in [9.17, 15) is 9.59 Å². The molecule has 4 aromatic rings. The second-order valence-corrected chi connectivity index (χ2v) is 7.86. The number of rotatable bonds is 6. The first-order valence-electron chi connectivity index (χ1n) is 9.28. The molecule has 0 aliphatic heterocycles. The molecule has 152 valence electrons. The highest BCUT2D eigenvalue weighted by atomic mass is 32.1. The number of aryl methyl sites for hydroxylation is 2. The number of Topliss-reactive ketones (excluding diaryl/α,β-unsaturated/α-hetero) is 1. The summed E-state index contributed by atoms with van der Waals surface area (Å²) in [6.45, 7) is 5.16. The zero-order chi connectivity index (χ0) is 21.3. The summed E-state index contributed by atoms with van der Waals surface area (Å²) in [4.78, 5) is 29.1. The van der Waals surface area contributed by atoms with E-state index in [0.717, 1.165) is 15.9 Å². The lowest BCUT2D eigenvalue weighted by Gasteiger charge is -2.05. The minimum absolute atomic E-state index is 0.281. The Morgan fingerprint density at radius 2 is 2.00 bits per heavy atom. The number of nitrogens with zero attached hydrogens (tertiary/aromatic N) is 3. The van der Waals surface area contributed by atoms with Crippen molar-refractivity contribution in [3.8, 4) is 5.82 Å². The van der Waals surface area contributed by atoms with Crippen LogP contribution in [0, 0.1) is 20.8 Å². The van der Waals surface area contributed by atoms with E-state index >= 15 is 0 Å². The van der Waals surface area contributed by atoms with Gasteiger partial charge >= 0.3 is 5.97 Å². The fourth-order valence-corrected chi connectivity index (χ4v) is 4.09. The fourth-order valence-electron chi connectivity index (χ4n) is 3.22. The molecule has 0 saturated carbocycles. The zero-order valence-corrected chi connectivity index (χ0v) is 17.5. The van der Waals surface area contributed by atoms with Crippen LogP contribution in [0.25, 0.3) is 22.1 Å². The molecule has 4 rings (SSSR count). The summed E-state index contributed by atoms with van der Waals surface area (Å²) < 4.78 is 13.1. The van der Waals surface area contributed by atoms with Gasteiger partial charge in [0.15, 0.2) is 12.4 Å². The number of hydrogen-bond acceptors (Lipinski definition) is 7. The summed E-state index contributed by atoms with van der Waals surface area (Å²) in [5, 5.41) is 4.70. The molecular formula is C22H19N3O4S. The molecule has 1 aromatic carbocycles. The predicted octanol–water partition coefficient (Wildman–Crippen LogP) is 4.44. The van der Waals surface area contributed by atoms with Gasteiger partial charge < -0.3 is 9.26 Å². The van der Waals surface area contributed by atoms with E-state index in [4.69, 9.17) is 9.26 Å². The van der Waals surface area contributed by atoms with Gasteiger partial charge in [-0.05, 0) is 45.0 Å². The molecule has 0 unspecified atom stereocenters. The van der Waals surface area contributed by atoms with Crippen molar-refractivity contribution in [3.05, 3.63) is 70.2 Å². The minimum atomic E-state index is -0.594. The van der Waals surface area contributed by atoms with Crippen molar-refractivity contribution in [1.82, 2.24) is 14.7 Å². The summed E-state index contributed by atoms with van der Waals surface area (Å²) >= 11 is 1.48. The Labute approximate surface area is 176 Å². The highest BCUT2D eigenvalue weighted by Gasteiger charge is 2.19. The van der Waals surface area contributed by atoms with Crippen molar-refractivity contribution >= 4 is 39.4 Å².